The van der Waals surface area contributed by atoms with Crippen molar-refractivity contribution in [2.45, 2.75) is 12.6 Å². The standard InChI is InChI=1S/C26H24FN5O2/c1-31(24(25(28)33)26(29)34)16-19-15-30-32(23(19)21-9-5-6-10-22(21)27)20-13-11-18(12-14-20)17-7-3-2-4-8-17/h2-15,24H,16H2,1H3,(H2,28,33)(H2,29,34). The van der Waals surface area contributed by atoms with Gasteiger partial charge in [0.15, 0.2) is 6.04 Å². The number of primary amides is 2. The van der Waals surface area contributed by atoms with E-state index >= 15 is 0 Å². The molecule has 172 valence electrons. The van der Waals surface area contributed by atoms with Crippen LogP contribution in [-0.2, 0) is 16.1 Å². The fourth-order valence-corrected chi connectivity index (χ4v) is 3.99. The molecule has 0 saturated heterocycles. The van der Waals surface area contributed by atoms with Crippen molar-refractivity contribution in [1.82, 2.24) is 14.7 Å². The van der Waals surface area contributed by atoms with E-state index in [0.29, 0.717) is 16.8 Å². The lowest BCUT2D eigenvalue weighted by Gasteiger charge is -2.23. The highest BCUT2D eigenvalue weighted by Gasteiger charge is 2.28. The van der Waals surface area contributed by atoms with Gasteiger partial charge in [-0.1, -0.05) is 54.6 Å². The van der Waals surface area contributed by atoms with Gasteiger partial charge >= 0.3 is 0 Å². The zero-order valence-electron chi connectivity index (χ0n) is 18.6. The average Bonchev–Trinajstić information content (AvgIpc) is 3.22. The highest BCUT2D eigenvalue weighted by atomic mass is 19.1. The highest BCUT2D eigenvalue weighted by Crippen LogP contribution is 2.31. The van der Waals surface area contributed by atoms with E-state index in [2.05, 4.69) is 5.10 Å². The summed E-state index contributed by atoms with van der Waals surface area (Å²) in [6, 6.07) is 22.8. The summed E-state index contributed by atoms with van der Waals surface area (Å²) in [7, 11) is 1.55. The van der Waals surface area contributed by atoms with Crippen LogP contribution in [-0.4, -0.2) is 39.6 Å². The smallest absolute Gasteiger partial charge is 0.244 e. The molecule has 0 aliphatic heterocycles. The van der Waals surface area contributed by atoms with E-state index < -0.39 is 23.7 Å². The molecule has 0 spiro atoms. The van der Waals surface area contributed by atoms with Crippen LogP contribution < -0.4 is 11.5 Å². The molecule has 2 amide bonds. The van der Waals surface area contributed by atoms with Crippen molar-refractivity contribution in [2.75, 3.05) is 7.05 Å². The first-order valence-corrected chi connectivity index (χ1v) is 10.6. The summed E-state index contributed by atoms with van der Waals surface area (Å²) < 4.78 is 16.5. The number of hydrogen-bond donors (Lipinski definition) is 2. The van der Waals surface area contributed by atoms with Crippen LogP contribution in [0.5, 0.6) is 0 Å². The molecule has 0 aliphatic carbocycles. The van der Waals surface area contributed by atoms with E-state index in [-0.39, 0.29) is 6.54 Å². The lowest BCUT2D eigenvalue weighted by molar-refractivity contribution is -0.133. The quantitative estimate of drug-likeness (QED) is 0.397. The van der Waals surface area contributed by atoms with Crippen molar-refractivity contribution in [2.24, 2.45) is 11.5 Å². The third kappa shape index (κ3) is 4.57. The summed E-state index contributed by atoms with van der Waals surface area (Å²) >= 11 is 0. The SMILES string of the molecule is CN(Cc1cnn(-c2ccc(-c3ccccc3)cc2)c1-c1ccccc1F)C(C(N)=O)C(N)=O. The summed E-state index contributed by atoms with van der Waals surface area (Å²) in [5, 5.41) is 4.50. The lowest BCUT2D eigenvalue weighted by atomic mass is 10.0. The monoisotopic (exact) mass is 457 g/mol. The van der Waals surface area contributed by atoms with Crippen LogP contribution in [0.2, 0.25) is 0 Å². The van der Waals surface area contributed by atoms with Crippen LogP contribution in [0.3, 0.4) is 0 Å². The topological polar surface area (TPSA) is 107 Å². The number of carbonyl (C=O) groups is 2. The van der Waals surface area contributed by atoms with Crippen molar-refractivity contribution in [1.29, 1.82) is 0 Å². The Bertz CT molecular complexity index is 1300. The predicted octanol–water partition coefficient (Wildman–Crippen LogP) is 3.12. The number of aromatic nitrogens is 2. The largest absolute Gasteiger partial charge is 0.368 e. The molecule has 0 aliphatic rings. The first kappa shape index (κ1) is 22.9. The van der Waals surface area contributed by atoms with E-state index in [1.807, 2.05) is 54.6 Å². The molecule has 0 bridgehead atoms. The molecular weight excluding hydrogens is 433 g/mol. The highest BCUT2D eigenvalue weighted by molar-refractivity contribution is 6.02. The maximum absolute atomic E-state index is 14.9. The van der Waals surface area contributed by atoms with Gasteiger partial charge in [-0.05, 0) is 42.4 Å². The molecule has 3 aromatic carbocycles. The lowest BCUT2D eigenvalue weighted by Crippen LogP contribution is -2.50. The predicted molar refractivity (Wildman–Crippen MR) is 128 cm³/mol. The Morgan fingerprint density at radius 1 is 0.912 bits per heavy atom. The zero-order chi connectivity index (χ0) is 24.2. The number of benzene rings is 3. The van der Waals surface area contributed by atoms with E-state index in [1.54, 1.807) is 36.1 Å². The Kier molecular flexibility index (Phi) is 6.51. The summed E-state index contributed by atoms with van der Waals surface area (Å²) in [6.45, 7) is 0.0995. The van der Waals surface area contributed by atoms with Crippen molar-refractivity contribution < 1.29 is 14.0 Å². The Hall–Kier alpha value is -4.30. The molecule has 34 heavy (non-hydrogen) atoms. The van der Waals surface area contributed by atoms with Crippen molar-refractivity contribution in [3.8, 4) is 28.1 Å². The van der Waals surface area contributed by atoms with E-state index in [4.69, 9.17) is 11.5 Å². The van der Waals surface area contributed by atoms with Crippen LogP contribution >= 0.6 is 0 Å². The number of amides is 2. The van der Waals surface area contributed by atoms with Crippen LogP contribution in [0.4, 0.5) is 4.39 Å². The zero-order valence-corrected chi connectivity index (χ0v) is 18.6. The molecule has 1 aromatic heterocycles. The number of likely N-dealkylation sites (N-methyl/N-ethyl adjacent to an activating group) is 1. The number of hydrogen-bond acceptors (Lipinski definition) is 4. The van der Waals surface area contributed by atoms with Gasteiger partial charge in [0.05, 0.1) is 17.6 Å². The summed E-state index contributed by atoms with van der Waals surface area (Å²) in [5.41, 5.74) is 15.0. The molecule has 8 heteroatoms. The van der Waals surface area contributed by atoms with Gasteiger partial charge in [-0.15, -0.1) is 0 Å². The number of nitrogens with zero attached hydrogens (tertiary/aromatic N) is 3. The van der Waals surface area contributed by atoms with Crippen LogP contribution in [0.25, 0.3) is 28.1 Å². The minimum Gasteiger partial charge on any atom is -0.368 e. The second-order valence-electron chi connectivity index (χ2n) is 7.95. The third-order valence-electron chi connectivity index (χ3n) is 5.59. The first-order chi connectivity index (χ1) is 16.4. The molecule has 7 nitrogen and oxygen atoms in total. The molecule has 0 fully saturated rings. The number of halogens is 1. The van der Waals surface area contributed by atoms with Crippen molar-refractivity contribution in [3.63, 3.8) is 0 Å². The van der Waals surface area contributed by atoms with E-state index in [1.165, 1.54) is 11.0 Å². The van der Waals surface area contributed by atoms with Crippen LogP contribution in [0.15, 0.2) is 85.1 Å². The van der Waals surface area contributed by atoms with Gasteiger partial charge in [0.1, 0.15) is 5.82 Å². The van der Waals surface area contributed by atoms with Gasteiger partial charge < -0.3 is 11.5 Å². The van der Waals surface area contributed by atoms with Gasteiger partial charge in [-0.3, -0.25) is 14.5 Å². The molecule has 0 radical (unpaired) electrons. The first-order valence-electron chi connectivity index (χ1n) is 10.6. The molecule has 0 atom stereocenters. The maximum Gasteiger partial charge on any atom is 0.244 e. The summed E-state index contributed by atoms with van der Waals surface area (Å²) in [5.74, 6) is -2.13. The van der Waals surface area contributed by atoms with Gasteiger partial charge in [0.25, 0.3) is 0 Å². The summed E-state index contributed by atoms with van der Waals surface area (Å²) in [6.07, 6.45) is 1.59. The number of carbonyl (C=O) groups excluding carboxylic acids is 2. The Labute approximate surface area is 196 Å². The minimum atomic E-state index is -1.30. The average molecular weight is 458 g/mol. The van der Waals surface area contributed by atoms with Crippen molar-refractivity contribution >= 4 is 11.8 Å². The van der Waals surface area contributed by atoms with E-state index in [9.17, 15) is 14.0 Å². The van der Waals surface area contributed by atoms with Gasteiger partial charge in [-0.2, -0.15) is 5.10 Å². The second kappa shape index (κ2) is 9.68. The number of rotatable bonds is 8. The number of nitrogens with two attached hydrogens (primary N) is 2. The van der Waals surface area contributed by atoms with Gasteiger partial charge in [-0.25, -0.2) is 9.07 Å². The molecule has 1 heterocycles. The fraction of sp³-hybridized carbons (Fsp3) is 0.115. The molecule has 4 aromatic rings. The Morgan fingerprint density at radius 2 is 1.50 bits per heavy atom. The minimum absolute atomic E-state index is 0.0995. The van der Waals surface area contributed by atoms with Crippen LogP contribution in [0, 0.1) is 5.82 Å². The normalized spacial score (nSPS) is 11.2. The van der Waals surface area contributed by atoms with E-state index in [0.717, 1.165) is 16.8 Å². The molecule has 0 unspecified atom stereocenters. The molecule has 4 N–H and O–H groups in total. The van der Waals surface area contributed by atoms with Crippen LogP contribution in [0.1, 0.15) is 5.56 Å². The summed E-state index contributed by atoms with van der Waals surface area (Å²) in [4.78, 5) is 24.9. The Balaban J connectivity index is 1.77. The second-order valence-corrected chi connectivity index (χ2v) is 7.95. The molecule has 0 saturated carbocycles. The third-order valence-corrected chi connectivity index (χ3v) is 5.59. The molecular formula is C26H24FN5O2. The Morgan fingerprint density at radius 3 is 2.12 bits per heavy atom. The fourth-order valence-electron chi connectivity index (χ4n) is 3.99. The van der Waals surface area contributed by atoms with Gasteiger partial charge in [0, 0.05) is 17.7 Å². The van der Waals surface area contributed by atoms with Gasteiger partial charge in [0.2, 0.25) is 11.8 Å². The molecule has 4 rings (SSSR count). The maximum atomic E-state index is 14.9. The van der Waals surface area contributed by atoms with Crippen molar-refractivity contribution in [3.05, 3.63) is 96.4 Å².